The fourth-order valence-electron chi connectivity index (χ4n) is 3.99. The van der Waals surface area contributed by atoms with Crippen LogP contribution in [0.25, 0.3) is 0 Å². The Kier molecular flexibility index (Phi) is 13.3. The van der Waals surface area contributed by atoms with Crippen LogP contribution in [0, 0.1) is 0 Å². The van der Waals surface area contributed by atoms with E-state index in [9.17, 15) is 33.9 Å². The second-order valence-corrected chi connectivity index (χ2v) is 9.16. The third kappa shape index (κ3) is 9.54. The van der Waals surface area contributed by atoms with Gasteiger partial charge >= 0.3 is 11.9 Å². The van der Waals surface area contributed by atoms with Crippen molar-refractivity contribution in [1.82, 2.24) is 15.5 Å². The second kappa shape index (κ2) is 15.9. The number of Topliss-reactive ketones (excluding diaryl/α,β-unsaturated/α-hetero) is 1. The predicted molar refractivity (Wildman–Crippen MR) is 147 cm³/mol. The molecule has 16 nitrogen and oxygen atoms in total. The van der Waals surface area contributed by atoms with Crippen molar-refractivity contribution in [3.63, 3.8) is 0 Å². The quantitative estimate of drug-likeness (QED) is 0.0411. The lowest BCUT2D eigenvalue weighted by Gasteiger charge is -2.40. The van der Waals surface area contributed by atoms with E-state index in [0.717, 1.165) is 4.90 Å². The van der Waals surface area contributed by atoms with Crippen LogP contribution in [0.3, 0.4) is 0 Å². The molecule has 0 saturated heterocycles. The van der Waals surface area contributed by atoms with Gasteiger partial charge in [-0.15, -0.1) is 0 Å². The summed E-state index contributed by atoms with van der Waals surface area (Å²) in [6, 6.07) is 3.31. The molecule has 0 spiro atoms. The van der Waals surface area contributed by atoms with E-state index in [1.165, 1.54) is 19.2 Å². The fourth-order valence-corrected chi connectivity index (χ4v) is 3.99. The molecular weight excluding hydrogens is 540 g/mol. The molecule has 0 radical (unpaired) electrons. The predicted octanol–water partition coefficient (Wildman–Crippen LogP) is -2.52. The van der Waals surface area contributed by atoms with E-state index in [0.29, 0.717) is 5.56 Å². The second-order valence-electron chi connectivity index (χ2n) is 9.16. The Morgan fingerprint density at radius 3 is 2.32 bits per heavy atom. The number of benzene rings is 1. The molecule has 0 unspecified atom stereocenters. The van der Waals surface area contributed by atoms with Gasteiger partial charge in [-0.05, 0) is 37.0 Å². The number of aliphatic carboxylic acids is 2. The van der Waals surface area contributed by atoms with Gasteiger partial charge in [-0.25, -0.2) is 4.79 Å². The minimum Gasteiger partial charge on any atom is -0.481 e. The Hall–Kier alpha value is -4.57. The van der Waals surface area contributed by atoms with Gasteiger partial charge < -0.3 is 48.7 Å². The molecule has 12 N–H and O–H groups in total. The Bertz CT molecular complexity index is 1170. The van der Waals surface area contributed by atoms with Crippen LogP contribution < -0.4 is 33.6 Å². The Morgan fingerprint density at radius 1 is 1.12 bits per heavy atom. The first-order valence-corrected chi connectivity index (χ1v) is 12.7. The molecule has 0 aliphatic carbocycles. The number of guanidine groups is 1. The molecule has 1 rings (SSSR count). The molecule has 0 fully saturated rings. The number of carboxylic acids is 2. The van der Waals surface area contributed by atoms with Gasteiger partial charge in [0.25, 0.3) is 11.8 Å². The standard InChI is InChI=1S/C25H38N8O8/c1-3-16(27)20(37)25(8-5-9-30-24(28)29,33(2)21(38)15-7-4-6-14(10-15)12-26)23(41)31-13-18(34)32-17(22(39)40)11-19(35)36/h4,6-7,10,16-17H,3,5,8-9,11-13,26-27H2,1-2H3,(H,31,41)(H,32,34)(H,35,36)(H,39,40)(H4,28,29,30)/t16-,17+,25-/m1/s1. The van der Waals surface area contributed by atoms with Gasteiger partial charge in [-0.2, -0.15) is 0 Å². The van der Waals surface area contributed by atoms with Crippen LogP contribution in [-0.2, 0) is 30.5 Å². The maximum atomic E-state index is 13.8. The number of hydrogen-bond donors (Lipinski definition) is 8. The third-order valence-corrected chi connectivity index (χ3v) is 6.26. The van der Waals surface area contributed by atoms with Crippen LogP contribution in [0.5, 0.6) is 0 Å². The zero-order chi connectivity index (χ0) is 31.3. The van der Waals surface area contributed by atoms with E-state index < -0.39 is 66.0 Å². The summed E-state index contributed by atoms with van der Waals surface area (Å²) in [5, 5.41) is 22.3. The number of nitrogens with one attached hydrogen (secondary N) is 2. The number of hydrogen-bond acceptors (Lipinski definition) is 9. The fraction of sp³-hybridized carbons (Fsp3) is 0.480. The summed E-state index contributed by atoms with van der Waals surface area (Å²) in [7, 11) is 1.24. The molecule has 1 aromatic carbocycles. The third-order valence-electron chi connectivity index (χ3n) is 6.26. The van der Waals surface area contributed by atoms with Gasteiger partial charge in [0, 0.05) is 25.7 Å². The Labute approximate surface area is 236 Å². The number of nitrogens with zero attached hydrogens (tertiary/aromatic N) is 2. The van der Waals surface area contributed by atoms with E-state index in [2.05, 4.69) is 10.3 Å². The molecule has 0 aliphatic heterocycles. The van der Waals surface area contributed by atoms with Crippen molar-refractivity contribution < 1.29 is 39.0 Å². The Morgan fingerprint density at radius 2 is 1.78 bits per heavy atom. The molecular formula is C25H38N8O8. The van der Waals surface area contributed by atoms with Crippen LogP contribution >= 0.6 is 0 Å². The number of likely N-dealkylation sites (N-methyl/N-ethyl adjacent to an activating group) is 1. The van der Waals surface area contributed by atoms with Crippen molar-refractivity contribution in [2.75, 3.05) is 20.1 Å². The van der Waals surface area contributed by atoms with Gasteiger partial charge in [0.1, 0.15) is 6.04 Å². The SMILES string of the molecule is CC[C@@H](N)C(=O)[C@](CCCN=C(N)N)(C(=O)NCC(=O)N[C@@H](CC(=O)O)C(=O)O)N(C)C(=O)c1cccc(CN)c1. The van der Waals surface area contributed by atoms with E-state index >= 15 is 0 Å². The minimum atomic E-state index is -2.24. The van der Waals surface area contributed by atoms with Gasteiger partial charge in [0.2, 0.25) is 5.91 Å². The summed E-state index contributed by atoms with van der Waals surface area (Å²) < 4.78 is 0. The highest BCUT2D eigenvalue weighted by Gasteiger charge is 2.52. The lowest BCUT2D eigenvalue weighted by molar-refractivity contribution is -0.147. The van der Waals surface area contributed by atoms with Crippen molar-refractivity contribution >= 4 is 41.4 Å². The number of carbonyl (C=O) groups is 6. The number of carboxylic acid groups (broad SMARTS) is 2. The molecule has 41 heavy (non-hydrogen) atoms. The van der Waals surface area contributed by atoms with E-state index in [4.69, 9.17) is 28.0 Å². The number of carbonyl (C=O) groups excluding carboxylic acids is 4. The summed E-state index contributed by atoms with van der Waals surface area (Å²) >= 11 is 0. The monoisotopic (exact) mass is 578 g/mol. The number of amides is 3. The largest absolute Gasteiger partial charge is 0.481 e. The van der Waals surface area contributed by atoms with Crippen molar-refractivity contribution in [2.45, 2.75) is 56.8 Å². The smallest absolute Gasteiger partial charge is 0.326 e. The van der Waals surface area contributed by atoms with E-state index in [1.54, 1.807) is 19.1 Å². The minimum absolute atomic E-state index is 0.00728. The highest BCUT2D eigenvalue weighted by molar-refractivity contribution is 6.16. The molecule has 0 heterocycles. The first kappa shape index (κ1) is 34.5. The number of rotatable bonds is 17. The normalized spacial score (nSPS) is 13.6. The summed E-state index contributed by atoms with van der Waals surface area (Å²) in [6.45, 7) is 0.895. The molecule has 3 amide bonds. The molecule has 0 aromatic heterocycles. The number of nitrogens with two attached hydrogens (primary N) is 4. The van der Waals surface area contributed by atoms with Crippen LogP contribution in [0.4, 0.5) is 0 Å². The van der Waals surface area contributed by atoms with Crippen molar-refractivity contribution in [3.8, 4) is 0 Å². The maximum absolute atomic E-state index is 13.8. The lowest BCUT2D eigenvalue weighted by atomic mass is 9.81. The van der Waals surface area contributed by atoms with Crippen LogP contribution in [0.2, 0.25) is 0 Å². The average Bonchev–Trinajstić information content (AvgIpc) is 2.93. The van der Waals surface area contributed by atoms with Gasteiger partial charge in [0.05, 0.1) is 19.0 Å². The van der Waals surface area contributed by atoms with Crippen LogP contribution in [-0.4, -0.2) is 94.3 Å². The highest BCUT2D eigenvalue weighted by Crippen LogP contribution is 2.27. The summed E-state index contributed by atoms with van der Waals surface area (Å²) in [4.78, 5) is 80.6. The Balaban J connectivity index is 3.49. The summed E-state index contributed by atoms with van der Waals surface area (Å²) in [5.41, 5.74) is 21.0. The van der Waals surface area contributed by atoms with Crippen LogP contribution in [0.15, 0.2) is 29.3 Å². The number of ketones is 1. The first-order chi connectivity index (χ1) is 19.2. The molecule has 3 atom stereocenters. The first-order valence-electron chi connectivity index (χ1n) is 12.7. The summed E-state index contributed by atoms with van der Waals surface area (Å²) in [5.74, 6) is -6.95. The average molecular weight is 579 g/mol. The van der Waals surface area contributed by atoms with Crippen molar-refractivity contribution in [3.05, 3.63) is 35.4 Å². The van der Waals surface area contributed by atoms with Gasteiger partial charge in [-0.3, -0.25) is 29.0 Å². The molecule has 0 bridgehead atoms. The number of aliphatic imine (C=N–C) groups is 1. The zero-order valence-corrected chi connectivity index (χ0v) is 23.0. The van der Waals surface area contributed by atoms with Gasteiger partial charge in [0.15, 0.2) is 17.3 Å². The molecule has 0 saturated carbocycles. The molecule has 1 aromatic rings. The van der Waals surface area contributed by atoms with Crippen LogP contribution in [0.1, 0.15) is 48.5 Å². The molecule has 226 valence electrons. The zero-order valence-electron chi connectivity index (χ0n) is 23.0. The summed E-state index contributed by atoms with van der Waals surface area (Å²) in [6.07, 6.45) is -1.05. The van der Waals surface area contributed by atoms with Crippen molar-refractivity contribution in [1.29, 1.82) is 0 Å². The van der Waals surface area contributed by atoms with E-state index in [1.807, 2.05) is 5.32 Å². The molecule has 0 aliphatic rings. The van der Waals surface area contributed by atoms with Crippen molar-refractivity contribution in [2.24, 2.45) is 27.9 Å². The van der Waals surface area contributed by atoms with Gasteiger partial charge in [-0.1, -0.05) is 19.1 Å². The maximum Gasteiger partial charge on any atom is 0.326 e. The highest BCUT2D eigenvalue weighted by atomic mass is 16.4. The lowest BCUT2D eigenvalue weighted by Crippen LogP contribution is -2.67. The molecule has 16 heteroatoms. The van der Waals surface area contributed by atoms with E-state index in [-0.39, 0.29) is 43.9 Å². The topological polar surface area (TPSA) is 287 Å².